The van der Waals surface area contributed by atoms with Gasteiger partial charge >= 0.3 is 0 Å². The van der Waals surface area contributed by atoms with E-state index in [1.807, 2.05) is 0 Å². The average Bonchev–Trinajstić information content (AvgIpc) is 2.81. The van der Waals surface area contributed by atoms with Crippen LogP contribution < -0.4 is 5.32 Å². The van der Waals surface area contributed by atoms with Crippen molar-refractivity contribution >= 4 is 5.91 Å². The minimum atomic E-state index is -0.444. The summed E-state index contributed by atoms with van der Waals surface area (Å²) in [6.45, 7) is 5.12. The van der Waals surface area contributed by atoms with Gasteiger partial charge in [0.2, 0.25) is 5.91 Å². The van der Waals surface area contributed by atoms with Crippen molar-refractivity contribution in [2.24, 2.45) is 5.92 Å². The fourth-order valence-electron chi connectivity index (χ4n) is 2.10. The van der Waals surface area contributed by atoms with Gasteiger partial charge in [0.15, 0.2) is 0 Å². The number of aliphatic hydroxyl groups is 1. The van der Waals surface area contributed by atoms with Gasteiger partial charge in [0.05, 0.1) is 6.10 Å². The molecule has 0 radical (unpaired) electrons. The Hall–Kier alpha value is -0.610. The highest BCUT2D eigenvalue weighted by Crippen LogP contribution is 2.14. The van der Waals surface area contributed by atoms with Crippen molar-refractivity contribution in [1.29, 1.82) is 0 Å². The fraction of sp³-hybridized carbons (Fsp3) is 0.917. The summed E-state index contributed by atoms with van der Waals surface area (Å²) >= 11 is 0. The molecule has 1 aliphatic heterocycles. The molecule has 1 aliphatic rings. The summed E-state index contributed by atoms with van der Waals surface area (Å²) in [5, 5.41) is 12.6. The molecule has 0 saturated carbocycles. The van der Waals surface area contributed by atoms with E-state index in [0.29, 0.717) is 13.2 Å². The zero-order valence-electron chi connectivity index (χ0n) is 10.2. The van der Waals surface area contributed by atoms with E-state index in [-0.39, 0.29) is 17.9 Å². The van der Waals surface area contributed by atoms with Crippen molar-refractivity contribution in [3.63, 3.8) is 0 Å². The molecule has 1 heterocycles. The molecule has 0 aliphatic carbocycles. The van der Waals surface area contributed by atoms with E-state index < -0.39 is 6.10 Å². The van der Waals surface area contributed by atoms with Gasteiger partial charge in [0.25, 0.3) is 0 Å². The third-order valence-electron chi connectivity index (χ3n) is 3.30. The van der Waals surface area contributed by atoms with Crippen LogP contribution in [0, 0.1) is 5.92 Å². The van der Waals surface area contributed by atoms with Crippen LogP contribution in [-0.4, -0.2) is 36.4 Å². The second-order valence-electron chi connectivity index (χ2n) is 4.39. The first-order chi connectivity index (χ1) is 7.69. The number of carbonyl (C=O) groups excluding carboxylic acids is 1. The van der Waals surface area contributed by atoms with Crippen molar-refractivity contribution in [3.05, 3.63) is 0 Å². The molecule has 1 amide bonds. The molecule has 0 aromatic rings. The topological polar surface area (TPSA) is 58.6 Å². The van der Waals surface area contributed by atoms with Gasteiger partial charge in [-0.3, -0.25) is 4.79 Å². The van der Waals surface area contributed by atoms with Crippen LogP contribution in [0.15, 0.2) is 0 Å². The van der Waals surface area contributed by atoms with Crippen LogP contribution in [0.5, 0.6) is 0 Å². The van der Waals surface area contributed by atoms with Crippen molar-refractivity contribution in [2.45, 2.75) is 51.7 Å². The van der Waals surface area contributed by atoms with E-state index in [4.69, 9.17) is 4.74 Å². The summed E-state index contributed by atoms with van der Waals surface area (Å²) in [5.74, 6) is 0.187. The summed E-state index contributed by atoms with van der Waals surface area (Å²) in [7, 11) is 0. The van der Waals surface area contributed by atoms with Crippen LogP contribution in [0.4, 0.5) is 0 Å². The van der Waals surface area contributed by atoms with Crippen LogP contribution in [-0.2, 0) is 9.53 Å². The molecular weight excluding hydrogens is 206 g/mol. The summed E-state index contributed by atoms with van der Waals surface area (Å²) in [5.41, 5.74) is 0. The molecule has 1 unspecified atom stereocenters. The predicted octanol–water partition coefficient (Wildman–Crippen LogP) is 1.08. The summed E-state index contributed by atoms with van der Waals surface area (Å²) in [6.07, 6.45) is 2.88. The van der Waals surface area contributed by atoms with Gasteiger partial charge in [-0.05, 0) is 18.8 Å². The standard InChI is InChI=1S/C12H23NO3/c1-3-9(4-2)10(14)8-13-12(15)11-6-5-7-16-11/h9-11,14H,3-8H2,1-2H3,(H,13,15)/t10?,11-/m1/s1. The first kappa shape index (κ1) is 13.5. The lowest BCUT2D eigenvalue weighted by atomic mass is 9.96. The van der Waals surface area contributed by atoms with Crippen LogP contribution in [0.25, 0.3) is 0 Å². The number of hydrogen-bond donors (Lipinski definition) is 2. The molecule has 94 valence electrons. The van der Waals surface area contributed by atoms with E-state index in [2.05, 4.69) is 19.2 Å². The second-order valence-corrected chi connectivity index (χ2v) is 4.39. The summed E-state index contributed by atoms with van der Waals surface area (Å²) < 4.78 is 5.27. The highest BCUT2D eigenvalue weighted by molar-refractivity contribution is 5.80. The Balaban J connectivity index is 2.24. The lowest BCUT2D eigenvalue weighted by molar-refractivity contribution is -0.130. The molecule has 4 heteroatoms. The normalized spacial score (nSPS) is 22.4. The predicted molar refractivity (Wildman–Crippen MR) is 62.1 cm³/mol. The van der Waals surface area contributed by atoms with Gasteiger partial charge in [0.1, 0.15) is 6.10 Å². The number of rotatable bonds is 6. The average molecular weight is 229 g/mol. The number of hydrogen-bond acceptors (Lipinski definition) is 3. The maximum Gasteiger partial charge on any atom is 0.249 e. The van der Waals surface area contributed by atoms with Gasteiger partial charge in [-0.25, -0.2) is 0 Å². The van der Waals surface area contributed by atoms with Crippen molar-refractivity contribution < 1.29 is 14.6 Å². The third kappa shape index (κ3) is 3.76. The number of carbonyl (C=O) groups is 1. The van der Waals surface area contributed by atoms with E-state index in [1.165, 1.54) is 0 Å². The molecule has 1 saturated heterocycles. The maximum atomic E-state index is 11.6. The van der Waals surface area contributed by atoms with Crippen LogP contribution >= 0.6 is 0 Å². The molecule has 0 aromatic heterocycles. The largest absolute Gasteiger partial charge is 0.391 e. The minimum Gasteiger partial charge on any atom is -0.391 e. The zero-order chi connectivity index (χ0) is 12.0. The quantitative estimate of drug-likeness (QED) is 0.716. The smallest absolute Gasteiger partial charge is 0.249 e. The molecule has 4 nitrogen and oxygen atoms in total. The van der Waals surface area contributed by atoms with Crippen LogP contribution in [0.1, 0.15) is 39.5 Å². The lowest BCUT2D eigenvalue weighted by Gasteiger charge is -2.21. The Morgan fingerprint density at radius 2 is 2.19 bits per heavy atom. The Kier molecular flexibility index (Phi) is 5.77. The van der Waals surface area contributed by atoms with Crippen molar-refractivity contribution in [3.8, 4) is 0 Å². The van der Waals surface area contributed by atoms with E-state index in [1.54, 1.807) is 0 Å². The van der Waals surface area contributed by atoms with Gasteiger partial charge in [-0.15, -0.1) is 0 Å². The van der Waals surface area contributed by atoms with Crippen molar-refractivity contribution in [2.75, 3.05) is 13.2 Å². The summed E-state index contributed by atoms with van der Waals surface area (Å²) in [6, 6.07) is 0. The molecule has 2 atom stereocenters. The monoisotopic (exact) mass is 229 g/mol. The fourth-order valence-corrected chi connectivity index (χ4v) is 2.10. The minimum absolute atomic E-state index is 0.0810. The molecule has 0 spiro atoms. The first-order valence-electron chi connectivity index (χ1n) is 6.26. The first-order valence-corrected chi connectivity index (χ1v) is 6.26. The maximum absolute atomic E-state index is 11.6. The molecule has 2 N–H and O–H groups in total. The van der Waals surface area contributed by atoms with Crippen LogP contribution in [0.3, 0.4) is 0 Å². The SMILES string of the molecule is CCC(CC)C(O)CNC(=O)[C@H]1CCCO1. The lowest BCUT2D eigenvalue weighted by Crippen LogP contribution is -2.40. The number of amides is 1. The molecule has 1 rings (SSSR count). The highest BCUT2D eigenvalue weighted by atomic mass is 16.5. The Bertz CT molecular complexity index is 210. The van der Waals surface area contributed by atoms with Gasteiger partial charge in [-0.1, -0.05) is 26.7 Å². The number of aliphatic hydroxyl groups excluding tert-OH is 1. The molecule has 0 bridgehead atoms. The van der Waals surface area contributed by atoms with E-state index >= 15 is 0 Å². The number of nitrogens with one attached hydrogen (secondary N) is 1. The Morgan fingerprint density at radius 1 is 1.50 bits per heavy atom. The van der Waals surface area contributed by atoms with Gasteiger partial charge < -0.3 is 15.2 Å². The molecular formula is C12H23NO3. The van der Waals surface area contributed by atoms with E-state index in [9.17, 15) is 9.90 Å². The van der Waals surface area contributed by atoms with Gasteiger partial charge in [-0.2, -0.15) is 0 Å². The zero-order valence-corrected chi connectivity index (χ0v) is 10.2. The van der Waals surface area contributed by atoms with Gasteiger partial charge in [0, 0.05) is 13.2 Å². The second kappa shape index (κ2) is 6.86. The highest BCUT2D eigenvalue weighted by Gasteiger charge is 2.24. The molecule has 0 aromatic carbocycles. The molecule has 16 heavy (non-hydrogen) atoms. The van der Waals surface area contributed by atoms with Crippen molar-refractivity contribution in [1.82, 2.24) is 5.32 Å². The summed E-state index contributed by atoms with van der Waals surface area (Å²) in [4.78, 5) is 11.6. The third-order valence-corrected chi connectivity index (χ3v) is 3.30. The Morgan fingerprint density at radius 3 is 2.69 bits per heavy atom. The van der Waals surface area contributed by atoms with Crippen LogP contribution in [0.2, 0.25) is 0 Å². The molecule has 1 fully saturated rings. The Labute approximate surface area is 97.4 Å². The number of ether oxygens (including phenoxy) is 1. The van der Waals surface area contributed by atoms with E-state index in [0.717, 1.165) is 25.7 Å².